The van der Waals surface area contributed by atoms with E-state index in [1.54, 1.807) is 30.3 Å². The number of fused-ring (bicyclic) bond motifs is 1. The van der Waals surface area contributed by atoms with E-state index in [1.807, 2.05) is 0 Å². The van der Waals surface area contributed by atoms with Crippen molar-refractivity contribution >= 4 is 17.4 Å². The van der Waals surface area contributed by atoms with E-state index < -0.39 is 5.92 Å². The molecule has 1 aliphatic carbocycles. The second-order valence-electron chi connectivity index (χ2n) is 5.23. The number of alkyl halides is 2. The molecule has 0 amide bonds. The molecule has 0 aromatic heterocycles. The molecular formula is C17H13ClF2O. The van der Waals surface area contributed by atoms with Crippen molar-refractivity contribution in [2.45, 2.75) is 25.2 Å². The zero-order valence-electron chi connectivity index (χ0n) is 11.2. The molecule has 4 heteroatoms. The SMILES string of the molecule is O=C(c1ccccc1)c1cc(Cl)cc2c1CCCC2(F)F. The molecule has 0 fully saturated rings. The standard InChI is InChI=1S/C17H13ClF2O/c18-12-9-14(16(21)11-5-2-1-3-6-11)13-7-4-8-17(19,20)15(13)10-12/h1-3,5-6,9-10H,4,7-8H2. The van der Waals surface area contributed by atoms with Crippen molar-refractivity contribution in [3.05, 3.63) is 69.7 Å². The Labute approximate surface area is 126 Å². The summed E-state index contributed by atoms with van der Waals surface area (Å²) in [5.41, 5.74) is 1.11. The number of benzene rings is 2. The Morgan fingerprint density at radius 3 is 2.57 bits per heavy atom. The van der Waals surface area contributed by atoms with Gasteiger partial charge in [-0.3, -0.25) is 4.79 Å². The summed E-state index contributed by atoms with van der Waals surface area (Å²) in [5.74, 6) is -3.17. The Morgan fingerprint density at radius 2 is 1.86 bits per heavy atom. The molecule has 0 aliphatic heterocycles. The van der Waals surface area contributed by atoms with Crippen LogP contribution in [0.4, 0.5) is 8.78 Å². The van der Waals surface area contributed by atoms with E-state index in [0.29, 0.717) is 29.5 Å². The van der Waals surface area contributed by atoms with E-state index in [1.165, 1.54) is 12.1 Å². The lowest BCUT2D eigenvalue weighted by atomic mass is 9.83. The topological polar surface area (TPSA) is 17.1 Å². The van der Waals surface area contributed by atoms with Gasteiger partial charge in [-0.05, 0) is 30.5 Å². The predicted octanol–water partition coefficient (Wildman–Crippen LogP) is 5.00. The van der Waals surface area contributed by atoms with Gasteiger partial charge in [0.1, 0.15) is 0 Å². The highest BCUT2D eigenvalue weighted by atomic mass is 35.5. The van der Waals surface area contributed by atoms with Gasteiger partial charge in [-0.1, -0.05) is 41.9 Å². The molecule has 0 saturated heterocycles. The molecule has 0 atom stereocenters. The fourth-order valence-electron chi connectivity index (χ4n) is 2.80. The second kappa shape index (κ2) is 5.23. The van der Waals surface area contributed by atoms with Crippen molar-refractivity contribution in [2.24, 2.45) is 0 Å². The summed E-state index contributed by atoms with van der Waals surface area (Å²) >= 11 is 5.96. The number of hydrogen-bond donors (Lipinski definition) is 0. The number of ketones is 1. The summed E-state index contributed by atoms with van der Waals surface area (Å²) in [5, 5.41) is 0.176. The van der Waals surface area contributed by atoms with E-state index in [0.717, 1.165) is 0 Å². The van der Waals surface area contributed by atoms with E-state index in [4.69, 9.17) is 11.6 Å². The van der Waals surface area contributed by atoms with Crippen LogP contribution in [0.5, 0.6) is 0 Å². The number of hydrogen-bond acceptors (Lipinski definition) is 1. The lowest BCUT2D eigenvalue weighted by Gasteiger charge is -2.27. The normalized spacial score (nSPS) is 16.3. The molecule has 0 spiro atoms. The first kappa shape index (κ1) is 14.2. The first-order chi connectivity index (χ1) is 9.99. The van der Waals surface area contributed by atoms with Crippen molar-refractivity contribution in [1.82, 2.24) is 0 Å². The molecule has 0 bridgehead atoms. The molecule has 21 heavy (non-hydrogen) atoms. The van der Waals surface area contributed by atoms with Crippen LogP contribution in [0.15, 0.2) is 42.5 Å². The zero-order chi connectivity index (χ0) is 15.0. The number of carbonyl (C=O) groups excluding carboxylic acids is 1. The first-order valence-electron chi connectivity index (χ1n) is 6.79. The summed E-state index contributed by atoms with van der Waals surface area (Å²) < 4.78 is 28.1. The minimum Gasteiger partial charge on any atom is -0.289 e. The van der Waals surface area contributed by atoms with Crippen LogP contribution < -0.4 is 0 Å². The summed E-state index contributed by atoms with van der Waals surface area (Å²) in [6.07, 6.45) is 0.659. The molecular weight excluding hydrogens is 294 g/mol. The van der Waals surface area contributed by atoms with Crippen LogP contribution in [-0.4, -0.2) is 5.78 Å². The molecule has 0 radical (unpaired) electrons. The van der Waals surface area contributed by atoms with Gasteiger partial charge in [0.2, 0.25) is 0 Å². The smallest absolute Gasteiger partial charge is 0.273 e. The van der Waals surface area contributed by atoms with Crippen LogP contribution in [0.1, 0.15) is 39.9 Å². The van der Waals surface area contributed by atoms with Gasteiger partial charge in [0.05, 0.1) is 0 Å². The van der Waals surface area contributed by atoms with Gasteiger partial charge < -0.3 is 0 Å². The van der Waals surface area contributed by atoms with Crippen LogP contribution in [0.2, 0.25) is 5.02 Å². The van der Waals surface area contributed by atoms with Crippen LogP contribution >= 0.6 is 11.6 Å². The van der Waals surface area contributed by atoms with E-state index in [-0.39, 0.29) is 22.8 Å². The van der Waals surface area contributed by atoms with E-state index in [9.17, 15) is 13.6 Å². The second-order valence-corrected chi connectivity index (χ2v) is 5.67. The minimum absolute atomic E-state index is 0.0967. The summed E-state index contributed by atoms with van der Waals surface area (Å²) in [7, 11) is 0. The fraction of sp³-hybridized carbons (Fsp3) is 0.235. The van der Waals surface area contributed by atoms with Gasteiger partial charge in [-0.2, -0.15) is 0 Å². The van der Waals surface area contributed by atoms with Gasteiger partial charge >= 0.3 is 0 Å². The molecule has 3 rings (SSSR count). The molecule has 0 saturated carbocycles. The molecule has 1 aliphatic rings. The third-order valence-corrected chi connectivity index (χ3v) is 4.03. The quantitative estimate of drug-likeness (QED) is 0.714. The largest absolute Gasteiger partial charge is 0.289 e. The molecule has 108 valence electrons. The minimum atomic E-state index is -2.91. The monoisotopic (exact) mass is 306 g/mol. The van der Waals surface area contributed by atoms with Crippen LogP contribution in [0.3, 0.4) is 0 Å². The van der Waals surface area contributed by atoms with Crippen molar-refractivity contribution in [1.29, 1.82) is 0 Å². The molecule has 2 aromatic carbocycles. The predicted molar refractivity (Wildman–Crippen MR) is 78.2 cm³/mol. The number of halogens is 3. The summed E-state index contributed by atoms with van der Waals surface area (Å²) in [4.78, 5) is 12.6. The maximum absolute atomic E-state index is 14.1. The average Bonchev–Trinajstić information content (AvgIpc) is 2.47. The Hall–Kier alpha value is -1.74. The molecule has 1 nitrogen and oxygen atoms in total. The number of carbonyl (C=O) groups is 1. The van der Waals surface area contributed by atoms with Crippen LogP contribution in [0.25, 0.3) is 0 Å². The van der Waals surface area contributed by atoms with Gasteiger partial charge in [-0.25, -0.2) is 8.78 Å². The van der Waals surface area contributed by atoms with Crippen molar-refractivity contribution < 1.29 is 13.6 Å². The Balaban J connectivity index is 2.16. The van der Waals surface area contributed by atoms with Crippen LogP contribution in [-0.2, 0) is 12.3 Å². The summed E-state index contributed by atoms with van der Waals surface area (Å²) in [6.45, 7) is 0. The van der Waals surface area contributed by atoms with E-state index in [2.05, 4.69) is 0 Å². The Kier molecular flexibility index (Phi) is 3.54. The molecule has 0 heterocycles. The van der Waals surface area contributed by atoms with Crippen molar-refractivity contribution in [3.63, 3.8) is 0 Å². The molecule has 0 unspecified atom stereocenters. The Bertz CT molecular complexity index is 695. The lowest BCUT2D eigenvalue weighted by Crippen LogP contribution is -2.23. The maximum atomic E-state index is 14.1. The molecule has 2 aromatic rings. The Morgan fingerprint density at radius 1 is 1.14 bits per heavy atom. The highest BCUT2D eigenvalue weighted by molar-refractivity contribution is 6.31. The van der Waals surface area contributed by atoms with Crippen molar-refractivity contribution in [3.8, 4) is 0 Å². The fourth-order valence-corrected chi connectivity index (χ4v) is 3.02. The van der Waals surface area contributed by atoms with Crippen molar-refractivity contribution in [2.75, 3.05) is 0 Å². The lowest BCUT2D eigenvalue weighted by molar-refractivity contribution is -0.0217. The summed E-state index contributed by atoms with van der Waals surface area (Å²) in [6, 6.07) is 11.4. The van der Waals surface area contributed by atoms with E-state index >= 15 is 0 Å². The molecule has 0 N–H and O–H groups in total. The highest BCUT2D eigenvalue weighted by Crippen LogP contribution is 2.42. The van der Waals surface area contributed by atoms with Gasteiger partial charge in [0, 0.05) is 28.1 Å². The third kappa shape index (κ3) is 2.58. The third-order valence-electron chi connectivity index (χ3n) is 3.81. The average molecular weight is 307 g/mol. The first-order valence-corrected chi connectivity index (χ1v) is 7.17. The van der Waals surface area contributed by atoms with Gasteiger partial charge in [0.15, 0.2) is 5.78 Å². The van der Waals surface area contributed by atoms with Gasteiger partial charge in [0.25, 0.3) is 5.92 Å². The number of rotatable bonds is 2. The highest BCUT2D eigenvalue weighted by Gasteiger charge is 2.38. The zero-order valence-corrected chi connectivity index (χ0v) is 12.0. The van der Waals surface area contributed by atoms with Gasteiger partial charge in [-0.15, -0.1) is 0 Å². The van der Waals surface area contributed by atoms with Crippen LogP contribution in [0, 0.1) is 0 Å². The maximum Gasteiger partial charge on any atom is 0.273 e.